The van der Waals surface area contributed by atoms with Crippen LogP contribution < -0.4 is 0 Å². The molecule has 0 saturated heterocycles. The molecule has 0 fully saturated rings. The molecule has 9 heteroatoms. The Kier molecular flexibility index (Phi) is 8.41. The van der Waals surface area contributed by atoms with Crippen molar-refractivity contribution in [3.05, 3.63) is 34.9 Å². The van der Waals surface area contributed by atoms with E-state index in [0.717, 1.165) is 0 Å². The number of hydrogen-bond acceptors (Lipinski definition) is 9. The van der Waals surface area contributed by atoms with Gasteiger partial charge in [-0.3, -0.25) is 0 Å². The summed E-state index contributed by atoms with van der Waals surface area (Å²) in [6.45, 7) is -2.16. The van der Waals surface area contributed by atoms with Crippen molar-refractivity contribution in [3.8, 4) is 0 Å². The lowest BCUT2D eigenvalue weighted by Crippen LogP contribution is -2.21. The second-order valence-corrected chi connectivity index (χ2v) is 4.31. The highest BCUT2D eigenvalue weighted by Gasteiger charge is 2.27. The highest BCUT2D eigenvalue weighted by atomic mass is 16.6. The fourth-order valence-electron chi connectivity index (χ4n) is 1.76. The Morgan fingerprint density at radius 1 is 0.708 bits per heavy atom. The van der Waals surface area contributed by atoms with Gasteiger partial charge in [0.1, 0.15) is 19.8 Å². The van der Waals surface area contributed by atoms with Gasteiger partial charge < -0.3 is 29.5 Å². The standard InChI is InChI=1S/C15H18O9/c16-4-7-22-13(19)10-2-1-3-11(14(20)23-8-5-17)12(10)15(21)24-9-6-18/h1-3,16-18H,4-9H2. The van der Waals surface area contributed by atoms with E-state index in [9.17, 15) is 14.4 Å². The number of aliphatic hydroxyl groups is 3. The van der Waals surface area contributed by atoms with Crippen LogP contribution in [0.4, 0.5) is 0 Å². The summed E-state index contributed by atoms with van der Waals surface area (Å²) >= 11 is 0. The summed E-state index contributed by atoms with van der Waals surface area (Å²) in [5.74, 6) is -2.88. The van der Waals surface area contributed by atoms with E-state index in [1.807, 2.05) is 0 Å². The molecule has 0 radical (unpaired) electrons. The van der Waals surface area contributed by atoms with Crippen LogP contribution in [0.2, 0.25) is 0 Å². The van der Waals surface area contributed by atoms with Crippen molar-refractivity contribution in [2.75, 3.05) is 39.6 Å². The Morgan fingerprint density at radius 3 is 1.46 bits per heavy atom. The predicted octanol–water partition coefficient (Wildman–Crippen LogP) is -0.866. The number of aliphatic hydroxyl groups excluding tert-OH is 3. The normalized spacial score (nSPS) is 10.1. The molecule has 0 aromatic heterocycles. The number of hydrogen-bond donors (Lipinski definition) is 3. The monoisotopic (exact) mass is 342 g/mol. The van der Waals surface area contributed by atoms with Crippen molar-refractivity contribution in [3.63, 3.8) is 0 Å². The number of carbonyl (C=O) groups excluding carboxylic acids is 3. The molecule has 0 unspecified atom stereocenters. The first kappa shape index (κ1) is 19.6. The summed E-state index contributed by atoms with van der Waals surface area (Å²) in [5.41, 5.74) is -0.869. The van der Waals surface area contributed by atoms with Gasteiger partial charge in [-0.05, 0) is 12.1 Å². The Bertz CT molecular complexity index is 544. The fraction of sp³-hybridized carbons (Fsp3) is 0.400. The van der Waals surface area contributed by atoms with Crippen LogP contribution in [0.25, 0.3) is 0 Å². The van der Waals surface area contributed by atoms with Crippen LogP contribution in [0, 0.1) is 0 Å². The molecule has 0 spiro atoms. The molecule has 1 aromatic rings. The quantitative estimate of drug-likeness (QED) is 0.386. The molecule has 0 atom stereocenters. The van der Waals surface area contributed by atoms with Crippen molar-refractivity contribution in [2.24, 2.45) is 0 Å². The van der Waals surface area contributed by atoms with Gasteiger partial charge in [-0.15, -0.1) is 0 Å². The van der Waals surface area contributed by atoms with Crippen molar-refractivity contribution in [1.29, 1.82) is 0 Å². The third kappa shape index (κ3) is 5.30. The van der Waals surface area contributed by atoms with E-state index in [4.69, 9.17) is 29.5 Å². The van der Waals surface area contributed by atoms with Crippen molar-refractivity contribution >= 4 is 17.9 Å². The highest BCUT2D eigenvalue weighted by Crippen LogP contribution is 2.19. The molecule has 1 aromatic carbocycles. The van der Waals surface area contributed by atoms with Crippen molar-refractivity contribution < 1.29 is 43.9 Å². The van der Waals surface area contributed by atoms with E-state index >= 15 is 0 Å². The molecule has 9 nitrogen and oxygen atoms in total. The largest absolute Gasteiger partial charge is 0.460 e. The SMILES string of the molecule is O=C(OCCO)c1cccc(C(=O)OCCO)c1C(=O)OCCO. The number of esters is 3. The molecule has 0 saturated carbocycles. The van der Waals surface area contributed by atoms with Gasteiger partial charge in [0, 0.05) is 0 Å². The fourth-order valence-corrected chi connectivity index (χ4v) is 1.76. The van der Waals surface area contributed by atoms with Gasteiger partial charge in [-0.25, -0.2) is 14.4 Å². The number of rotatable bonds is 9. The van der Waals surface area contributed by atoms with Gasteiger partial charge in [0.05, 0.1) is 36.5 Å². The molecular formula is C15H18O9. The molecule has 1 rings (SSSR count). The van der Waals surface area contributed by atoms with Gasteiger partial charge in [0.2, 0.25) is 0 Å². The maximum absolute atomic E-state index is 12.2. The van der Waals surface area contributed by atoms with Crippen LogP contribution in [0.15, 0.2) is 18.2 Å². The van der Waals surface area contributed by atoms with Gasteiger partial charge in [0.25, 0.3) is 0 Å². The lowest BCUT2D eigenvalue weighted by atomic mass is 10.0. The topological polar surface area (TPSA) is 140 Å². The van der Waals surface area contributed by atoms with E-state index in [-0.39, 0.29) is 36.5 Å². The zero-order valence-corrected chi connectivity index (χ0v) is 12.8. The summed E-state index contributed by atoms with van der Waals surface area (Å²) in [7, 11) is 0. The summed E-state index contributed by atoms with van der Waals surface area (Å²) in [5, 5.41) is 26.1. The first-order valence-corrected chi connectivity index (χ1v) is 7.03. The summed E-state index contributed by atoms with van der Waals surface area (Å²) in [6.07, 6.45) is 0. The average Bonchev–Trinajstić information content (AvgIpc) is 2.61. The Morgan fingerprint density at radius 2 is 1.08 bits per heavy atom. The van der Waals surface area contributed by atoms with Gasteiger partial charge >= 0.3 is 17.9 Å². The van der Waals surface area contributed by atoms with Crippen molar-refractivity contribution in [1.82, 2.24) is 0 Å². The minimum Gasteiger partial charge on any atom is -0.460 e. The molecule has 3 N–H and O–H groups in total. The predicted molar refractivity (Wildman–Crippen MR) is 78.5 cm³/mol. The minimum absolute atomic E-state index is 0.246. The summed E-state index contributed by atoms with van der Waals surface area (Å²) in [4.78, 5) is 36.2. The molecule has 0 heterocycles. The third-order valence-electron chi connectivity index (χ3n) is 2.68. The molecule has 0 amide bonds. The van der Waals surface area contributed by atoms with Crippen LogP contribution in [0.1, 0.15) is 31.1 Å². The molecule has 0 aliphatic rings. The van der Waals surface area contributed by atoms with E-state index in [0.29, 0.717) is 0 Å². The first-order chi connectivity index (χ1) is 11.6. The smallest absolute Gasteiger partial charge is 0.339 e. The summed E-state index contributed by atoms with van der Waals surface area (Å²) in [6, 6.07) is 3.84. The second-order valence-electron chi connectivity index (χ2n) is 4.31. The van der Waals surface area contributed by atoms with Crippen LogP contribution in [0.3, 0.4) is 0 Å². The Hall–Kier alpha value is -2.49. The molecular weight excluding hydrogens is 324 g/mol. The third-order valence-corrected chi connectivity index (χ3v) is 2.68. The highest BCUT2D eigenvalue weighted by molar-refractivity contribution is 6.10. The van der Waals surface area contributed by atoms with Crippen LogP contribution in [-0.2, 0) is 14.2 Å². The van der Waals surface area contributed by atoms with E-state index < -0.39 is 37.7 Å². The van der Waals surface area contributed by atoms with Gasteiger partial charge in [-0.2, -0.15) is 0 Å². The average molecular weight is 342 g/mol. The maximum Gasteiger partial charge on any atom is 0.339 e. The zero-order valence-electron chi connectivity index (χ0n) is 12.8. The molecule has 0 bridgehead atoms. The lowest BCUT2D eigenvalue weighted by Gasteiger charge is -2.13. The van der Waals surface area contributed by atoms with Crippen LogP contribution in [0.5, 0.6) is 0 Å². The zero-order chi connectivity index (χ0) is 17.9. The summed E-state index contributed by atoms with van der Waals surface area (Å²) < 4.78 is 14.3. The number of benzene rings is 1. The van der Waals surface area contributed by atoms with Gasteiger partial charge in [0.15, 0.2) is 0 Å². The molecule has 132 valence electrons. The molecule has 24 heavy (non-hydrogen) atoms. The van der Waals surface area contributed by atoms with Gasteiger partial charge in [-0.1, -0.05) is 6.07 Å². The van der Waals surface area contributed by atoms with E-state index in [2.05, 4.69) is 0 Å². The maximum atomic E-state index is 12.2. The molecule has 0 aliphatic heterocycles. The number of carbonyl (C=O) groups is 3. The van der Waals surface area contributed by atoms with Crippen LogP contribution >= 0.6 is 0 Å². The van der Waals surface area contributed by atoms with E-state index in [1.54, 1.807) is 0 Å². The lowest BCUT2D eigenvalue weighted by molar-refractivity contribution is 0.0369. The van der Waals surface area contributed by atoms with Crippen molar-refractivity contribution in [2.45, 2.75) is 0 Å². The Labute approximate surface area is 137 Å². The second kappa shape index (κ2) is 10.3. The van der Waals surface area contributed by atoms with E-state index in [1.165, 1.54) is 18.2 Å². The molecule has 0 aliphatic carbocycles. The Balaban J connectivity index is 3.24. The number of ether oxygens (including phenoxy) is 3. The first-order valence-electron chi connectivity index (χ1n) is 7.03. The van der Waals surface area contributed by atoms with Crippen LogP contribution in [-0.4, -0.2) is 72.9 Å². The minimum atomic E-state index is -1.02.